The van der Waals surface area contributed by atoms with E-state index < -0.39 is 0 Å². The highest BCUT2D eigenvalue weighted by molar-refractivity contribution is 6.30. The van der Waals surface area contributed by atoms with Crippen LogP contribution in [0.4, 0.5) is 5.82 Å². The van der Waals surface area contributed by atoms with Crippen molar-refractivity contribution in [3.05, 3.63) is 59.1 Å². The molecule has 3 heterocycles. The molecule has 20 heavy (non-hydrogen) atoms. The minimum atomic E-state index is -0.254. The van der Waals surface area contributed by atoms with Crippen LogP contribution in [0.3, 0.4) is 0 Å². The SMILES string of the molecule is Cc1nc2ccccn2c1C(=O)Nc1ccc(Cl)cn1. The molecule has 0 fully saturated rings. The van der Waals surface area contributed by atoms with E-state index >= 15 is 0 Å². The van der Waals surface area contributed by atoms with E-state index in [-0.39, 0.29) is 5.91 Å². The zero-order valence-corrected chi connectivity index (χ0v) is 11.4. The largest absolute Gasteiger partial charge is 0.305 e. The average Bonchev–Trinajstić information content (AvgIpc) is 2.77. The number of hydrogen-bond donors (Lipinski definition) is 1. The maximum absolute atomic E-state index is 12.4. The predicted octanol–water partition coefficient (Wildman–Crippen LogP) is 2.94. The Labute approximate surface area is 120 Å². The van der Waals surface area contributed by atoms with Crippen molar-refractivity contribution in [1.82, 2.24) is 14.4 Å². The Bertz CT molecular complexity index is 779. The van der Waals surface area contributed by atoms with Crippen molar-refractivity contribution < 1.29 is 4.79 Å². The lowest BCUT2D eigenvalue weighted by atomic mass is 10.3. The second kappa shape index (κ2) is 4.94. The van der Waals surface area contributed by atoms with Crippen LogP contribution in [0.2, 0.25) is 5.02 Å². The highest BCUT2D eigenvalue weighted by atomic mass is 35.5. The standard InChI is InChI=1S/C14H11ClN4O/c1-9-13(19-7-3-2-4-12(19)17-9)14(20)18-11-6-5-10(15)8-16-11/h2-8H,1H3,(H,16,18,20). The van der Waals surface area contributed by atoms with Gasteiger partial charge in [0.1, 0.15) is 17.2 Å². The Morgan fingerprint density at radius 1 is 1.30 bits per heavy atom. The van der Waals surface area contributed by atoms with Crippen LogP contribution in [0.1, 0.15) is 16.2 Å². The number of pyridine rings is 2. The van der Waals surface area contributed by atoms with E-state index in [2.05, 4.69) is 15.3 Å². The van der Waals surface area contributed by atoms with Gasteiger partial charge < -0.3 is 5.32 Å². The number of nitrogens with zero attached hydrogens (tertiary/aromatic N) is 3. The molecule has 0 aliphatic carbocycles. The second-order valence-electron chi connectivity index (χ2n) is 4.29. The number of amides is 1. The maximum atomic E-state index is 12.4. The molecule has 6 heteroatoms. The molecule has 5 nitrogen and oxygen atoms in total. The summed E-state index contributed by atoms with van der Waals surface area (Å²) in [4.78, 5) is 20.7. The minimum absolute atomic E-state index is 0.254. The predicted molar refractivity (Wildman–Crippen MR) is 77.1 cm³/mol. The molecule has 0 aromatic carbocycles. The third kappa shape index (κ3) is 2.23. The molecular formula is C14H11ClN4O. The topological polar surface area (TPSA) is 59.3 Å². The van der Waals surface area contributed by atoms with Crippen LogP contribution < -0.4 is 5.32 Å². The molecule has 3 aromatic rings. The monoisotopic (exact) mass is 286 g/mol. The molecule has 1 N–H and O–H groups in total. The lowest BCUT2D eigenvalue weighted by Gasteiger charge is -2.05. The Balaban J connectivity index is 1.96. The zero-order valence-electron chi connectivity index (χ0n) is 10.7. The molecule has 3 aromatic heterocycles. The Morgan fingerprint density at radius 2 is 2.15 bits per heavy atom. The molecule has 3 rings (SSSR count). The van der Waals surface area contributed by atoms with Gasteiger partial charge >= 0.3 is 0 Å². The second-order valence-corrected chi connectivity index (χ2v) is 4.73. The van der Waals surface area contributed by atoms with Gasteiger partial charge in [0.15, 0.2) is 0 Å². The first kappa shape index (κ1) is 12.6. The number of rotatable bonds is 2. The van der Waals surface area contributed by atoms with Crippen molar-refractivity contribution in [3.8, 4) is 0 Å². The number of fused-ring (bicyclic) bond motifs is 1. The molecule has 0 spiro atoms. The molecule has 0 saturated carbocycles. The fourth-order valence-electron chi connectivity index (χ4n) is 2.01. The van der Waals surface area contributed by atoms with Crippen LogP contribution in [0, 0.1) is 6.92 Å². The molecule has 0 radical (unpaired) electrons. The van der Waals surface area contributed by atoms with Crippen molar-refractivity contribution >= 4 is 29.0 Å². The quantitative estimate of drug-likeness (QED) is 0.788. The van der Waals surface area contributed by atoms with E-state index in [1.54, 1.807) is 29.7 Å². The van der Waals surface area contributed by atoms with E-state index in [0.29, 0.717) is 22.2 Å². The fourth-order valence-corrected chi connectivity index (χ4v) is 2.12. The maximum Gasteiger partial charge on any atom is 0.275 e. The van der Waals surface area contributed by atoms with E-state index in [1.807, 2.05) is 18.2 Å². The number of hydrogen-bond acceptors (Lipinski definition) is 3. The van der Waals surface area contributed by atoms with Gasteiger partial charge in [-0.05, 0) is 31.2 Å². The van der Waals surface area contributed by atoms with Gasteiger partial charge in [-0.1, -0.05) is 17.7 Å². The van der Waals surface area contributed by atoms with Gasteiger partial charge in [0.25, 0.3) is 5.91 Å². The van der Waals surface area contributed by atoms with E-state index in [9.17, 15) is 4.79 Å². The molecular weight excluding hydrogens is 276 g/mol. The summed E-state index contributed by atoms with van der Waals surface area (Å²) in [5, 5.41) is 3.26. The summed E-state index contributed by atoms with van der Waals surface area (Å²) in [7, 11) is 0. The summed E-state index contributed by atoms with van der Waals surface area (Å²) in [6.45, 7) is 1.80. The van der Waals surface area contributed by atoms with Crippen molar-refractivity contribution in [3.63, 3.8) is 0 Å². The Kier molecular flexibility index (Phi) is 3.12. The summed E-state index contributed by atoms with van der Waals surface area (Å²) >= 11 is 5.76. The van der Waals surface area contributed by atoms with E-state index in [1.165, 1.54) is 6.20 Å². The summed E-state index contributed by atoms with van der Waals surface area (Å²) in [6.07, 6.45) is 3.29. The third-order valence-corrected chi connectivity index (χ3v) is 3.11. The highest BCUT2D eigenvalue weighted by Crippen LogP contribution is 2.15. The number of aromatic nitrogens is 3. The van der Waals surface area contributed by atoms with Gasteiger partial charge in [0.05, 0.1) is 10.7 Å². The normalized spacial score (nSPS) is 10.7. The van der Waals surface area contributed by atoms with Gasteiger partial charge in [0.2, 0.25) is 0 Å². The number of imidazole rings is 1. The molecule has 1 amide bonds. The smallest absolute Gasteiger partial charge is 0.275 e. The van der Waals surface area contributed by atoms with Gasteiger partial charge in [-0.25, -0.2) is 9.97 Å². The molecule has 100 valence electrons. The molecule has 0 saturated heterocycles. The summed E-state index contributed by atoms with van der Waals surface area (Å²) in [5.74, 6) is 0.195. The number of carbonyl (C=O) groups excluding carboxylic acids is 1. The molecule has 0 unspecified atom stereocenters. The van der Waals surface area contributed by atoms with Crippen molar-refractivity contribution in [2.45, 2.75) is 6.92 Å². The zero-order chi connectivity index (χ0) is 14.1. The molecule has 0 aliphatic rings. The number of halogens is 1. The number of carbonyl (C=O) groups is 1. The van der Waals surface area contributed by atoms with Crippen molar-refractivity contribution in [1.29, 1.82) is 0 Å². The average molecular weight is 287 g/mol. The molecule has 0 bridgehead atoms. The van der Waals surface area contributed by atoms with Crippen molar-refractivity contribution in [2.75, 3.05) is 5.32 Å². The van der Waals surface area contributed by atoms with Crippen LogP contribution in [-0.2, 0) is 0 Å². The molecule has 0 aliphatic heterocycles. The van der Waals surface area contributed by atoms with Crippen LogP contribution >= 0.6 is 11.6 Å². The van der Waals surface area contributed by atoms with Gasteiger partial charge in [-0.3, -0.25) is 9.20 Å². The number of aryl methyl sites for hydroxylation is 1. The van der Waals surface area contributed by atoms with Gasteiger partial charge in [-0.15, -0.1) is 0 Å². The minimum Gasteiger partial charge on any atom is -0.305 e. The van der Waals surface area contributed by atoms with E-state index in [0.717, 1.165) is 5.65 Å². The number of nitrogens with one attached hydrogen (secondary N) is 1. The molecule has 0 atom stereocenters. The Morgan fingerprint density at radius 3 is 2.90 bits per heavy atom. The van der Waals surface area contributed by atoms with E-state index in [4.69, 9.17) is 11.6 Å². The van der Waals surface area contributed by atoms with Crippen molar-refractivity contribution in [2.24, 2.45) is 0 Å². The summed E-state index contributed by atoms with van der Waals surface area (Å²) < 4.78 is 1.75. The van der Waals surface area contributed by atoms with Crippen LogP contribution in [0.15, 0.2) is 42.7 Å². The third-order valence-electron chi connectivity index (χ3n) is 2.89. The first-order chi connectivity index (χ1) is 9.65. The first-order valence-electron chi connectivity index (χ1n) is 6.02. The fraction of sp³-hybridized carbons (Fsp3) is 0.0714. The first-order valence-corrected chi connectivity index (χ1v) is 6.39. The summed E-state index contributed by atoms with van der Waals surface area (Å²) in [5.41, 5.74) is 1.90. The lowest BCUT2D eigenvalue weighted by Crippen LogP contribution is -2.16. The van der Waals surface area contributed by atoms with Crippen LogP contribution in [-0.4, -0.2) is 20.3 Å². The Hall–Kier alpha value is -2.40. The van der Waals surface area contributed by atoms with Gasteiger partial charge in [-0.2, -0.15) is 0 Å². The van der Waals surface area contributed by atoms with Crippen LogP contribution in [0.25, 0.3) is 5.65 Å². The lowest BCUT2D eigenvalue weighted by molar-refractivity contribution is 0.102. The van der Waals surface area contributed by atoms with Crippen LogP contribution in [0.5, 0.6) is 0 Å². The summed E-state index contributed by atoms with van der Waals surface area (Å²) in [6, 6.07) is 8.91. The van der Waals surface area contributed by atoms with Gasteiger partial charge in [0, 0.05) is 12.4 Å². The number of anilines is 1. The highest BCUT2D eigenvalue weighted by Gasteiger charge is 2.16.